The van der Waals surface area contributed by atoms with Crippen LogP contribution in [0.5, 0.6) is 5.75 Å². The molecule has 1 aromatic carbocycles. The summed E-state index contributed by atoms with van der Waals surface area (Å²) in [4.78, 5) is 1.14. The first-order valence-corrected chi connectivity index (χ1v) is 4.84. The van der Waals surface area contributed by atoms with Crippen molar-refractivity contribution in [1.29, 1.82) is 5.26 Å². The maximum absolute atomic E-state index is 9.57. The van der Waals surface area contributed by atoms with Crippen LogP contribution in [0, 0.1) is 11.3 Å². The van der Waals surface area contributed by atoms with E-state index in [0.29, 0.717) is 10.3 Å². The summed E-state index contributed by atoms with van der Waals surface area (Å²) in [5.74, 6) is 0.0680. The molecule has 0 fully saturated rings. The van der Waals surface area contributed by atoms with Crippen molar-refractivity contribution in [2.45, 2.75) is 4.90 Å². The molecule has 0 saturated heterocycles. The van der Waals surface area contributed by atoms with Crippen molar-refractivity contribution in [3.63, 3.8) is 0 Å². The van der Waals surface area contributed by atoms with Gasteiger partial charge in [-0.2, -0.15) is 5.26 Å². The van der Waals surface area contributed by atoms with Crippen molar-refractivity contribution in [2.75, 3.05) is 0 Å². The summed E-state index contributed by atoms with van der Waals surface area (Å²) in [6.07, 6.45) is 0. The molecule has 0 aliphatic heterocycles. The van der Waals surface area contributed by atoms with Gasteiger partial charge in [-0.05, 0) is 12.1 Å². The van der Waals surface area contributed by atoms with E-state index in [1.54, 1.807) is 12.1 Å². The van der Waals surface area contributed by atoms with E-state index in [2.05, 4.69) is 12.6 Å². The van der Waals surface area contributed by atoms with E-state index in [4.69, 9.17) is 5.26 Å². The zero-order valence-electron chi connectivity index (χ0n) is 6.48. The first kappa shape index (κ1) is 8.42. The van der Waals surface area contributed by atoms with Gasteiger partial charge in [-0.25, -0.2) is 0 Å². The summed E-state index contributed by atoms with van der Waals surface area (Å²) >= 11 is 5.50. The molecule has 0 saturated carbocycles. The van der Waals surface area contributed by atoms with Crippen LogP contribution in [0.25, 0.3) is 10.1 Å². The number of aromatic hydroxyl groups is 1. The van der Waals surface area contributed by atoms with Crippen LogP contribution in [0.15, 0.2) is 23.1 Å². The predicted octanol–water partition coefficient (Wildman–Crippen LogP) is 2.77. The zero-order chi connectivity index (χ0) is 9.42. The van der Waals surface area contributed by atoms with E-state index in [1.807, 2.05) is 12.1 Å². The largest absolute Gasteiger partial charge is 0.505 e. The Hall–Kier alpha value is -1.18. The second-order valence-electron chi connectivity index (χ2n) is 2.55. The third-order valence-electron chi connectivity index (χ3n) is 1.77. The van der Waals surface area contributed by atoms with Crippen LogP contribution in [0.3, 0.4) is 0 Å². The highest BCUT2D eigenvalue weighted by atomic mass is 32.1. The highest BCUT2D eigenvalue weighted by Gasteiger charge is 2.11. The fourth-order valence-corrected chi connectivity index (χ4v) is 2.41. The quantitative estimate of drug-likeness (QED) is 0.652. The fourth-order valence-electron chi connectivity index (χ4n) is 1.17. The van der Waals surface area contributed by atoms with Gasteiger partial charge in [0.15, 0.2) is 5.75 Å². The van der Waals surface area contributed by atoms with Gasteiger partial charge in [-0.15, -0.1) is 24.0 Å². The van der Waals surface area contributed by atoms with Crippen LogP contribution in [0.1, 0.15) is 4.88 Å². The second kappa shape index (κ2) is 2.95. The van der Waals surface area contributed by atoms with E-state index in [-0.39, 0.29) is 5.75 Å². The van der Waals surface area contributed by atoms with Crippen molar-refractivity contribution >= 4 is 34.1 Å². The second-order valence-corrected chi connectivity index (χ2v) is 4.05. The van der Waals surface area contributed by atoms with Crippen LogP contribution in [-0.4, -0.2) is 5.11 Å². The number of thiophene rings is 1. The van der Waals surface area contributed by atoms with Crippen molar-refractivity contribution in [3.8, 4) is 11.8 Å². The Bertz CT molecular complexity index is 510. The number of nitrogens with zero attached hydrogens (tertiary/aromatic N) is 1. The predicted molar refractivity (Wildman–Crippen MR) is 55.5 cm³/mol. The van der Waals surface area contributed by atoms with Gasteiger partial charge in [0.2, 0.25) is 0 Å². The van der Waals surface area contributed by atoms with Crippen molar-refractivity contribution < 1.29 is 5.11 Å². The Morgan fingerprint density at radius 3 is 2.85 bits per heavy atom. The monoisotopic (exact) mass is 207 g/mol. The minimum Gasteiger partial charge on any atom is -0.505 e. The van der Waals surface area contributed by atoms with Crippen molar-refractivity contribution in [1.82, 2.24) is 0 Å². The lowest BCUT2D eigenvalue weighted by molar-refractivity contribution is 0.482. The Labute approximate surface area is 84.5 Å². The van der Waals surface area contributed by atoms with E-state index in [1.165, 1.54) is 11.3 Å². The highest BCUT2D eigenvalue weighted by Crippen LogP contribution is 2.38. The topological polar surface area (TPSA) is 44.0 Å². The number of fused-ring (bicyclic) bond motifs is 1. The maximum Gasteiger partial charge on any atom is 0.152 e. The standard InChI is InChI=1S/C9H5NOS2/c10-4-7-8(11)5-2-1-3-6(12)9(5)13-7/h1-3,11-12H. The van der Waals surface area contributed by atoms with Gasteiger partial charge in [0.05, 0.1) is 4.70 Å². The van der Waals surface area contributed by atoms with Crippen molar-refractivity contribution in [3.05, 3.63) is 23.1 Å². The van der Waals surface area contributed by atoms with Gasteiger partial charge in [0, 0.05) is 10.3 Å². The summed E-state index contributed by atoms with van der Waals surface area (Å²) < 4.78 is 0.861. The molecule has 2 nitrogen and oxygen atoms in total. The zero-order valence-corrected chi connectivity index (χ0v) is 8.19. The van der Waals surface area contributed by atoms with Gasteiger partial charge < -0.3 is 5.11 Å². The van der Waals surface area contributed by atoms with Crippen molar-refractivity contribution in [2.24, 2.45) is 0 Å². The minimum atomic E-state index is 0.0680. The molecule has 0 amide bonds. The van der Waals surface area contributed by atoms with Gasteiger partial charge in [-0.3, -0.25) is 0 Å². The number of rotatable bonds is 0. The SMILES string of the molecule is N#Cc1sc2c(S)cccc2c1O. The van der Waals surface area contributed by atoms with Gasteiger partial charge in [-0.1, -0.05) is 6.07 Å². The fraction of sp³-hybridized carbons (Fsp3) is 0. The van der Waals surface area contributed by atoms with E-state index in [9.17, 15) is 5.11 Å². The molecule has 0 radical (unpaired) electrons. The number of thiol groups is 1. The van der Waals surface area contributed by atoms with E-state index >= 15 is 0 Å². The summed E-state index contributed by atoms with van der Waals surface area (Å²) in [7, 11) is 0. The molecule has 0 spiro atoms. The third-order valence-corrected chi connectivity index (χ3v) is 3.43. The van der Waals surface area contributed by atoms with Crippen LogP contribution in [0.4, 0.5) is 0 Å². The Morgan fingerprint density at radius 2 is 2.23 bits per heavy atom. The Kier molecular flexibility index (Phi) is 1.91. The number of hydrogen-bond donors (Lipinski definition) is 2. The molecule has 0 atom stereocenters. The van der Waals surface area contributed by atoms with Gasteiger partial charge in [0.25, 0.3) is 0 Å². The molecule has 0 aliphatic carbocycles. The highest BCUT2D eigenvalue weighted by molar-refractivity contribution is 7.80. The lowest BCUT2D eigenvalue weighted by Crippen LogP contribution is -1.66. The molecular formula is C9H5NOS2. The Morgan fingerprint density at radius 1 is 1.46 bits per heavy atom. The molecule has 1 heterocycles. The molecule has 13 heavy (non-hydrogen) atoms. The van der Waals surface area contributed by atoms with Crippen LogP contribution < -0.4 is 0 Å². The summed E-state index contributed by atoms with van der Waals surface area (Å²) in [5, 5.41) is 19.0. The number of hydrogen-bond acceptors (Lipinski definition) is 4. The molecule has 2 aromatic rings. The molecule has 4 heteroatoms. The Balaban J connectivity index is 2.94. The van der Waals surface area contributed by atoms with Crippen LogP contribution >= 0.6 is 24.0 Å². The average Bonchev–Trinajstić information content (AvgIpc) is 2.45. The third kappa shape index (κ3) is 1.17. The van der Waals surface area contributed by atoms with Crippen LogP contribution in [-0.2, 0) is 0 Å². The van der Waals surface area contributed by atoms with E-state index < -0.39 is 0 Å². The van der Waals surface area contributed by atoms with Gasteiger partial charge >= 0.3 is 0 Å². The average molecular weight is 207 g/mol. The summed E-state index contributed by atoms with van der Waals surface area (Å²) in [6.45, 7) is 0. The number of benzene rings is 1. The van der Waals surface area contributed by atoms with Crippen LogP contribution in [0.2, 0.25) is 0 Å². The maximum atomic E-state index is 9.57. The minimum absolute atomic E-state index is 0.0680. The van der Waals surface area contributed by atoms with Gasteiger partial charge in [0.1, 0.15) is 10.9 Å². The molecule has 0 aliphatic rings. The molecule has 64 valence electrons. The molecule has 0 bridgehead atoms. The molecular weight excluding hydrogens is 202 g/mol. The smallest absolute Gasteiger partial charge is 0.152 e. The number of nitriles is 1. The molecule has 0 unspecified atom stereocenters. The van der Waals surface area contributed by atoms with E-state index in [0.717, 1.165) is 9.60 Å². The molecule has 1 aromatic heterocycles. The lowest BCUT2D eigenvalue weighted by atomic mass is 10.2. The summed E-state index contributed by atoms with van der Waals surface area (Å²) in [5.41, 5.74) is 0. The normalized spacial score (nSPS) is 10.2. The lowest BCUT2D eigenvalue weighted by Gasteiger charge is -1.92. The molecule has 2 rings (SSSR count). The summed E-state index contributed by atoms with van der Waals surface area (Å²) in [6, 6.07) is 7.37. The first-order chi connectivity index (χ1) is 6.24. The first-order valence-electron chi connectivity index (χ1n) is 3.57. The molecule has 1 N–H and O–H groups in total.